The second-order valence-electron chi connectivity index (χ2n) is 6.03. The molecular weight excluding hydrogens is 252 g/mol. The lowest BCUT2D eigenvalue weighted by atomic mass is 9.95. The third kappa shape index (κ3) is 3.62. The number of furan rings is 1. The van der Waals surface area contributed by atoms with Gasteiger partial charge in [0.1, 0.15) is 5.76 Å². The van der Waals surface area contributed by atoms with Crippen molar-refractivity contribution in [1.82, 2.24) is 10.2 Å². The molecule has 4 heteroatoms. The first-order valence-corrected chi connectivity index (χ1v) is 7.94. The first-order chi connectivity index (χ1) is 9.86. The molecule has 1 aromatic heterocycles. The molecule has 1 aliphatic heterocycles. The van der Waals surface area contributed by atoms with Gasteiger partial charge in [-0.3, -0.25) is 4.90 Å². The Balaban J connectivity index is 1.59. The molecular formula is C16H26N2O2. The fraction of sp³-hybridized carbons (Fsp3) is 0.750. The van der Waals surface area contributed by atoms with Crippen LogP contribution in [0.3, 0.4) is 0 Å². The molecule has 0 radical (unpaired) electrons. The summed E-state index contributed by atoms with van der Waals surface area (Å²) in [7, 11) is 0. The quantitative estimate of drug-likeness (QED) is 0.830. The van der Waals surface area contributed by atoms with Gasteiger partial charge in [0.25, 0.3) is 0 Å². The summed E-state index contributed by atoms with van der Waals surface area (Å²) in [6.45, 7) is 7.07. The Hall–Kier alpha value is -0.840. The second kappa shape index (κ2) is 6.74. The van der Waals surface area contributed by atoms with Gasteiger partial charge in [-0.05, 0) is 37.9 Å². The number of ether oxygens (including phenoxy) is 1. The molecule has 1 saturated heterocycles. The molecule has 4 nitrogen and oxygen atoms in total. The Bertz CT molecular complexity index is 387. The summed E-state index contributed by atoms with van der Waals surface area (Å²) in [5, 5.41) is 3.63. The smallest absolute Gasteiger partial charge is 0.117 e. The zero-order valence-corrected chi connectivity index (χ0v) is 12.4. The van der Waals surface area contributed by atoms with E-state index in [2.05, 4.69) is 23.2 Å². The molecule has 1 aromatic rings. The van der Waals surface area contributed by atoms with Crippen molar-refractivity contribution in [3.8, 4) is 0 Å². The van der Waals surface area contributed by atoms with Crippen molar-refractivity contribution in [3.05, 3.63) is 24.2 Å². The van der Waals surface area contributed by atoms with Crippen LogP contribution in [0.1, 0.15) is 31.9 Å². The molecule has 20 heavy (non-hydrogen) atoms. The molecule has 2 atom stereocenters. The minimum Gasteiger partial charge on any atom is -0.468 e. The summed E-state index contributed by atoms with van der Waals surface area (Å²) in [4.78, 5) is 2.59. The predicted octanol–water partition coefficient (Wildman–Crippen LogP) is 2.26. The van der Waals surface area contributed by atoms with Crippen LogP contribution in [0.5, 0.6) is 0 Å². The van der Waals surface area contributed by atoms with Gasteiger partial charge in [-0.15, -0.1) is 0 Å². The first-order valence-electron chi connectivity index (χ1n) is 7.94. The van der Waals surface area contributed by atoms with E-state index in [4.69, 9.17) is 9.15 Å². The van der Waals surface area contributed by atoms with E-state index in [0.717, 1.165) is 51.1 Å². The summed E-state index contributed by atoms with van der Waals surface area (Å²) in [6, 6.07) is 5.41. The SMILES string of the molecule is CCNC1CCOCC1CN(Cc1ccco1)C1CC1. The average Bonchev–Trinajstić information content (AvgIpc) is 3.19. The molecule has 1 N–H and O–H groups in total. The first kappa shape index (κ1) is 14.1. The van der Waals surface area contributed by atoms with Crippen LogP contribution in [-0.4, -0.2) is 43.3 Å². The minimum absolute atomic E-state index is 0.597. The fourth-order valence-corrected chi connectivity index (χ4v) is 3.19. The highest BCUT2D eigenvalue weighted by Gasteiger charge is 2.34. The number of rotatable bonds is 7. The van der Waals surface area contributed by atoms with Crippen LogP contribution in [0.25, 0.3) is 0 Å². The van der Waals surface area contributed by atoms with Gasteiger partial charge >= 0.3 is 0 Å². The molecule has 1 aliphatic carbocycles. The van der Waals surface area contributed by atoms with Crippen molar-refractivity contribution in [2.75, 3.05) is 26.3 Å². The van der Waals surface area contributed by atoms with Crippen molar-refractivity contribution in [3.63, 3.8) is 0 Å². The van der Waals surface area contributed by atoms with Crippen molar-refractivity contribution < 1.29 is 9.15 Å². The monoisotopic (exact) mass is 278 g/mol. The minimum atomic E-state index is 0.597. The fourth-order valence-electron chi connectivity index (χ4n) is 3.19. The largest absolute Gasteiger partial charge is 0.468 e. The van der Waals surface area contributed by atoms with Crippen LogP contribution in [0, 0.1) is 5.92 Å². The van der Waals surface area contributed by atoms with Crippen molar-refractivity contribution >= 4 is 0 Å². The lowest BCUT2D eigenvalue weighted by Crippen LogP contribution is -2.48. The van der Waals surface area contributed by atoms with Gasteiger partial charge in [0.05, 0.1) is 19.4 Å². The molecule has 2 unspecified atom stereocenters. The summed E-state index contributed by atoms with van der Waals surface area (Å²) >= 11 is 0. The van der Waals surface area contributed by atoms with Gasteiger partial charge < -0.3 is 14.5 Å². The number of hydrogen-bond donors (Lipinski definition) is 1. The Kier molecular flexibility index (Phi) is 4.76. The van der Waals surface area contributed by atoms with Gasteiger partial charge in [0.2, 0.25) is 0 Å². The highest BCUT2D eigenvalue weighted by molar-refractivity contribution is 5.00. The average molecular weight is 278 g/mol. The molecule has 0 aromatic carbocycles. The molecule has 0 bridgehead atoms. The van der Waals surface area contributed by atoms with E-state index in [0.29, 0.717) is 12.0 Å². The van der Waals surface area contributed by atoms with Crippen LogP contribution in [0.4, 0.5) is 0 Å². The molecule has 0 amide bonds. The van der Waals surface area contributed by atoms with E-state index in [1.54, 1.807) is 6.26 Å². The lowest BCUT2D eigenvalue weighted by molar-refractivity contribution is 0.0136. The number of hydrogen-bond acceptors (Lipinski definition) is 4. The third-order valence-electron chi connectivity index (χ3n) is 4.41. The van der Waals surface area contributed by atoms with Crippen molar-refractivity contribution in [1.29, 1.82) is 0 Å². The Labute approximate surface area is 121 Å². The van der Waals surface area contributed by atoms with Crippen LogP contribution < -0.4 is 5.32 Å². The molecule has 3 rings (SSSR count). The molecule has 112 valence electrons. The zero-order chi connectivity index (χ0) is 13.8. The zero-order valence-electron chi connectivity index (χ0n) is 12.4. The number of nitrogens with one attached hydrogen (secondary N) is 1. The summed E-state index contributed by atoms with van der Waals surface area (Å²) in [5.41, 5.74) is 0. The maximum atomic E-state index is 5.70. The van der Waals surface area contributed by atoms with Crippen molar-refractivity contribution in [2.24, 2.45) is 5.92 Å². The highest BCUT2D eigenvalue weighted by atomic mass is 16.5. The maximum Gasteiger partial charge on any atom is 0.117 e. The number of nitrogens with zero attached hydrogens (tertiary/aromatic N) is 1. The van der Waals surface area contributed by atoms with Gasteiger partial charge in [-0.2, -0.15) is 0 Å². The summed E-state index contributed by atoms with van der Waals surface area (Å²) < 4.78 is 11.2. The van der Waals surface area contributed by atoms with Crippen LogP contribution in [0.15, 0.2) is 22.8 Å². The molecule has 0 spiro atoms. The van der Waals surface area contributed by atoms with Gasteiger partial charge in [-0.1, -0.05) is 6.92 Å². The van der Waals surface area contributed by atoms with E-state index in [1.165, 1.54) is 12.8 Å². The van der Waals surface area contributed by atoms with E-state index in [9.17, 15) is 0 Å². The van der Waals surface area contributed by atoms with Gasteiger partial charge in [0.15, 0.2) is 0 Å². The Morgan fingerprint density at radius 3 is 2.95 bits per heavy atom. The van der Waals surface area contributed by atoms with Crippen LogP contribution in [-0.2, 0) is 11.3 Å². The van der Waals surface area contributed by atoms with E-state index in [1.807, 2.05) is 6.07 Å². The van der Waals surface area contributed by atoms with E-state index < -0.39 is 0 Å². The summed E-state index contributed by atoms with van der Waals surface area (Å²) in [6.07, 6.45) is 5.57. The Morgan fingerprint density at radius 2 is 2.25 bits per heavy atom. The van der Waals surface area contributed by atoms with Gasteiger partial charge in [-0.25, -0.2) is 0 Å². The van der Waals surface area contributed by atoms with Crippen LogP contribution in [0.2, 0.25) is 0 Å². The molecule has 2 aliphatic rings. The summed E-state index contributed by atoms with van der Waals surface area (Å²) in [5.74, 6) is 1.67. The van der Waals surface area contributed by atoms with Gasteiger partial charge in [0, 0.05) is 31.2 Å². The van der Waals surface area contributed by atoms with Crippen molar-refractivity contribution in [2.45, 2.75) is 44.8 Å². The normalized spacial score (nSPS) is 27.1. The topological polar surface area (TPSA) is 37.6 Å². The third-order valence-corrected chi connectivity index (χ3v) is 4.41. The Morgan fingerprint density at radius 1 is 1.35 bits per heavy atom. The maximum absolute atomic E-state index is 5.70. The molecule has 1 saturated carbocycles. The lowest BCUT2D eigenvalue weighted by Gasteiger charge is -2.35. The molecule has 2 heterocycles. The second-order valence-corrected chi connectivity index (χ2v) is 6.03. The molecule has 2 fully saturated rings. The van der Waals surface area contributed by atoms with E-state index in [-0.39, 0.29) is 0 Å². The predicted molar refractivity (Wildman–Crippen MR) is 78.5 cm³/mol. The standard InChI is InChI=1S/C16H26N2O2/c1-2-17-16-7-9-19-12-13(16)10-18(14-5-6-14)11-15-4-3-8-20-15/h3-4,8,13-14,16-17H,2,5-7,9-12H2,1H3. The van der Waals surface area contributed by atoms with Crippen LogP contribution >= 0.6 is 0 Å². The highest BCUT2D eigenvalue weighted by Crippen LogP contribution is 2.30. The van der Waals surface area contributed by atoms with E-state index >= 15 is 0 Å².